The lowest BCUT2D eigenvalue weighted by Crippen LogP contribution is -2.12. The van der Waals surface area contributed by atoms with Gasteiger partial charge < -0.3 is 9.47 Å². The van der Waals surface area contributed by atoms with E-state index in [9.17, 15) is 9.59 Å². The average molecular weight is 611 g/mol. The van der Waals surface area contributed by atoms with E-state index in [-0.39, 0.29) is 24.3 Å². The zero-order chi connectivity index (χ0) is 27.2. The van der Waals surface area contributed by atoms with E-state index in [0.29, 0.717) is 10.0 Å². The van der Waals surface area contributed by atoms with Crippen molar-refractivity contribution in [1.29, 1.82) is 0 Å². The Morgan fingerprint density at radius 1 is 0.667 bits per heavy atom. The van der Waals surface area contributed by atoms with Crippen molar-refractivity contribution >= 4 is 91.1 Å². The molecule has 0 aliphatic rings. The summed E-state index contributed by atoms with van der Waals surface area (Å²) in [5.74, 6) is -1.26. The van der Waals surface area contributed by atoms with Crippen LogP contribution >= 0.6 is 56.7 Å². The first-order valence-electron chi connectivity index (χ1n) is 11.9. The third-order valence-corrected chi connectivity index (χ3v) is 10.4. The first-order valence-corrected chi connectivity index (χ1v) is 16.1. The fourth-order valence-corrected chi connectivity index (χ4v) is 7.96. The Morgan fingerprint density at radius 3 is 1.51 bits per heavy atom. The zero-order valence-corrected chi connectivity index (χ0v) is 25.0. The quantitative estimate of drug-likeness (QED) is 0.117. The van der Waals surface area contributed by atoms with Gasteiger partial charge in [-0.3, -0.25) is 0 Å². The van der Waals surface area contributed by atoms with E-state index in [1.807, 2.05) is 47.2 Å². The van der Waals surface area contributed by atoms with Crippen molar-refractivity contribution in [3.8, 4) is 19.5 Å². The largest absolute Gasteiger partial charge is 0.462 e. The van der Waals surface area contributed by atoms with Crippen molar-refractivity contribution in [3.05, 3.63) is 80.2 Å². The van der Waals surface area contributed by atoms with Crippen molar-refractivity contribution in [2.24, 2.45) is 9.98 Å². The molecule has 0 fully saturated rings. The molecule has 11 heteroatoms. The third-order valence-electron chi connectivity index (χ3n) is 5.23. The van der Waals surface area contributed by atoms with Gasteiger partial charge in [-0.1, -0.05) is 23.5 Å². The molecule has 0 aliphatic carbocycles. The van der Waals surface area contributed by atoms with Gasteiger partial charge in [-0.25, -0.2) is 19.6 Å². The second-order valence-corrected chi connectivity index (χ2v) is 12.9. The Balaban J connectivity index is 1.52. The van der Waals surface area contributed by atoms with Crippen molar-refractivity contribution in [2.75, 3.05) is 13.2 Å². The molecule has 6 nitrogen and oxygen atoms in total. The van der Waals surface area contributed by atoms with Crippen LogP contribution in [0.25, 0.3) is 19.5 Å². The van der Waals surface area contributed by atoms with Gasteiger partial charge in [0.1, 0.15) is 21.1 Å². The lowest BCUT2D eigenvalue weighted by molar-refractivity contribution is 0.0481. The molecular formula is C28H22N2O4S5. The molecule has 0 aromatic carbocycles. The highest BCUT2D eigenvalue weighted by Gasteiger charge is 2.30. The predicted molar refractivity (Wildman–Crippen MR) is 166 cm³/mol. The molecule has 198 valence electrons. The zero-order valence-electron chi connectivity index (χ0n) is 20.9. The summed E-state index contributed by atoms with van der Waals surface area (Å²) in [6, 6.07) is 16.2. The highest BCUT2D eigenvalue weighted by atomic mass is 32.1. The van der Waals surface area contributed by atoms with E-state index in [1.54, 1.807) is 71.6 Å². The Hall–Kier alpha value is -3.22. The number of nitrogens with zero attached hydrogens (tertiary/aromatic N) is 2. The molecule has 0 saturated carbocycles. The Labute approximate surface area is 245 Å². The van der Waals surface area contributed by atoms with E-state index in [2.05, 4.69) is 22.1 Å². The number of aliphatic imine (C=N–C) groups is 2. The summed E-state index contributed by atoms with van der Waals surface area (Å²) in [4.78, 5) is 41.8. The summed E-state index contributed by atoms with van der Waals surface area (Å²) < 4.78 is 10.6. The van der Waals surface area contributed by atoms with Gasteiger partial charge in [0.15, 0.2) is 0 Å². The lowest BCUT2D eigenvalue weighted by Gasteiger charge is -2.05. The maximum absolute atomic E-state index is 13.0. The van der Waals surface area contributed by atoms with Crippen molar-refractivity contribution < 1.29 is 19.1 Å². The monoisotopic (exact) mass is 610 g/mol. The topological polar surface area (TPSA) is 77.3 Å². The summed E-state index contributed by atoms with van der Waals surface area (Å²) in [6.07, 6.45) is 3.40. The second kappa shape index (κ2) is 12.8. The third kappa shape index (κ3) is 6.34. The number of carbonyl (C=O) groups excluding carboxylic acids is 2. The summed E-state index contributed by atoms with van der Waals surface area (Å²) in [5, 5.41) is 4.77. The maximum atomic E-state index is 13.0. The van der Waals surface area contributed by atoms with E-state index in [4.69, 9.17) is 9.47 Å². The Bertz CT molecular complexity index is 1500. The van der Waals surface area contributed by atoms with Gasteiger partial charge in [0, 0.05) is 41.7 Å². The van der Waals surface area contributed by atoms with Gasteiger partial charge in [-0.05, 0) is 61.0 Å². The molecule has 5 aromatic rings. The van der Waals surface area contributed by atoms with Gasteiger partial charge in [0.05, 0.1) is 13.2 Å². The molecule has 0 radical (unpaired) electrons. The molecule has 0 spiro atoms. The number of hydrogen-bond acceptors (Lipinski definition) is 11. The van der Waals surface area contributed by atoms with Crippen LogP contribution in [0.3, 0.4) is 0 Å². The van der Waals surface area contributed by atoms with Gasteiger partial charge in [-0.2, -0.15) is 0 Å². The molecule has 5 rings (SSSR count). The van der Waals surface area contributed by atoms with Crippen LogP contribution in [0.5, 0.6) is 0 Å². The summed E-state index contributed by atoms with van der Waals surface area (Å²) >= 11 is 7.70. The number of carbonyl (C=O) groups is 2. The second-order valence-electron chi connectivity index (χ2n) is 7.78. The SMILES string of the molecule is CCOC(=O)c1c(N=Cc2ccc(-c3cccs3)s2)sc(N=Cc2ccc(-c3cccs3)s2)c1C(=O)OCC. The summed E-state index contributed by atoms with van der Waals surface area (Å²) in [5.41, 5.74) is 0.147. The minimum absolute atomic E-state index is 0.0733. The average Bonchev–Trinajstić information content (AvgIpc) is 3.76. The van der Waals surface area contributed by atoms with Gasteiger partial charge in [-0.15, -0.1) is 45.3 Å². The molecule has 5 aromatic heterocycles. The normalized spacial score (nSPS) is 11.5. The molecule has 39 heavy (non-hydrogen) atoms. The molecule has 0 atom stereocenters. The molecule has 0 aliphatic heterocycles. The Morgan fingerprint density at radius 2 is 1.13 bits per heavy atom. The van der Waals surface area contributed by atoms with Crippen LogP contribution in [0.15, 0.2) is 69.3 Å². The molecule has 0 unspecified atom stereocenters. The molecule has 0 saturated heterocycles. The van der Waals surface area contributed by atoms with Crippen LogP contribution in [0, 0.1) is 0 Å². The Kier molecular flexibility index (Phi) is 8.95. The maximum Gasteiger partial charge on any atom is 0.342 e. The first kappa shape index (κ1) is 27.4. The number of ether oxygens (including phenoxy) is 2. The fourth-order valence-electron chi connectivity index (χ4n) is 3.57. The van der Waals surface area contributed by atoms with E-state index in [0.717, 1.165) is 30.8 Å². The van der Waals surface area contributed by atoms with Crippen molar-refractivity contribution in [2.45, 2.75) is 13.8 Å². The van der Waals surface area contributed by atoms with Crippen LogP contribution in [0.1, 0.15) is 44.3 Å². The molecule has 0 N–H and O–H groups in total. The highest BCUT2D eigenvalue weighted by Crippen LogP contribution is 2.43. The fraction of sp³-hybridized carbons (Fsp3) is 0.143. The van der Waals surface area contributed by atoms with Crippen LogP contribution in [0.4, 0.5) is 10.0 Å². The number of thiophene rings is 5. The van der Waals surface area contributed by atoms with Crippen molar-refractivity contribution in [1.82, 2.24) is 0 Å². The van der Waals surface area contributed by atoms with E-state index >= 15 is 0 Å². The summed E-state index contributed by atoms with van der Waals surface area (Å²) in [7, 11) is 0. The lowest BCUT2D eigenvalue weighted by atomic mass is 10.1. The minimum Gasteiger partial charge on any atom is -0.462 e. The molecule has 5 heterocycles. The van der Waals surface area contributed by atoms with Crippen LogP contribution in [-0.4, -0.2) is 37.6 Å². The van der Waals surface area contributed by atoms with Crippen LogP contribution in [-0.2, 0) is 9.47 Å². The number of esters is 2. The molecule has 0 amide bonds. The first-order chi connectivity index (χ1) is 19.1. The van der Waals surface area contributed by atoms with Gasteiger partial charge >= 0.3 is 11.9 Å². The predicted octanol–water partition coefficient (Wildman–Crippen LogP) is 9.18. The number of rotatable bonds is 10. The van der Waals surface area contributed by atoms with Crippen LogP contribution < -0.4 is 0 Å². The van der Waals surface area contributed by atoms with Gasteiger partial charge in [0.2, 0.25) is 0 Å². The van der Waals surface area contributed by atoms with Crippen LogP contribution in [0.2, 0.25) is 0 Å². The summed E-state index contributed by atoms with van der Waals surface area (Å²) in [6.45, 7) is 3.76. The minimum atomic E-state index is -0.632. The van der Waals surface area contributed by atoms with E-state index in [1.165, 1.54) is 9.75 Å². The smallest absolute Gasteiger partial charge is 0.342 e. The standard InChI is InChI=1S/C28H22N2O4S5/c1-3-33-27(31)23-24(28(32)34-4-2)26(30-16-18-10-12-22(38-18)20-8-6-14-36-20)39-25(23)29-15-17-9-11-21(37-17)19-7-5-13-35-19/h5-16H,3-4H2,1-2H3. The van der Waals surface area contributed by atoms with Gasteiger partial charge in [0.25, 0.3) is 0 Å². The molecule has 0 bridgehead atoms. The van der Waals surface area contributed by atoms with Crippen molar-refractivity contribution in [3.63, 3.8) is 0 Å². The highest BCUT2D eigenvalue weighted by molar-refractivity contribution is 7.23. The number of hydrogen-bond donors (Lipinski definition) is 0. The van der Waals surface area contributed by atoms with E-state index < -0.39 is 11.9 Å². The molecular weight excluding hydrogens is 589 g/mol.